The Kier molecular flexibility index (Phi) is 5.01. The molecule has 1 amide bonds. The SMILES string of the molecule is Cc1[nH]c(=O)ccc1N1CN(c2cccc(Cl)c2C)c2ncc(C(F)(F)F)cc2C1=O. The molecular formula is C21H16ClF3N4O2. The van der Waals surface area contributed by atoms with Crippen molar-refractivity contribution in [1.82, 2.24) is 9.97 Å². The number of rotatable bonds is 2. The third-order valence-corrected chi connectivity index (χ3v) is 5.53. The molecule has 0 saturated heterocycles. The molecule has 1 N–H and O–H groups in total. The third-order valence-electron chi connectivity index (χ3n) is 5.12. The van der Waals surface area contributed by atoms with Gasteiger partial charge in [-0.25, -0.2) is 4.98 Å². The van der Waals surface area contributed by atoms with Crippen molar-refractivity contribution in [2.24, 2.45) is 0 Å². The summed E-state index contributed by atoms with van der Waals surface area (Å²) in [6.45, 7) is 3.35. The quantitative estimate of drug-likeness (QED) is 0.610. The van der Waals surface area contributed by atoms with Crippen molar-refractivity contribution in [3.63, 3.8) is 0 Å². The molecule has 0 fully saturated rings. The highest BCUT2D eigenvalue weighted by Crippen LogP contribution is 2.39. The fourth-order valence-electron chi connectivity index (χ4n) is 3.53. The molecule has 2 aromatic heterocycles. The van der Waals surface area contributed by atoms with E-state index in [0.717, 1.165) is 6.07 Å². The van der Waals surface area contributed by atoms with Gasteiger partial charge in [0.15, 0.2) is 0 Å². The second kappa shape index (κ2) is 7.42. The Labute approximate surface area is 179 Å². The first-order chi connectivity index (χ1) is 14.6. The molecule has 0 bridgehead atoms. The van der Waals surface area contributed by atoms with Crippen LogP contribution < -0.4 is 15.4 Å². The highest BCUT2D eigenvalue weighted by atomic mass is 35.5. The first-order valence-electron chi connectivity index (χ1n) is 9.19. The molecule has 10 heteroatoms. The number of H-pyrrole nitrogens is 1. The molecule has 31 heavy (non-hydrogen) atoms. The van der Waals surface area contributed by atoms with E-state index in [4.69, 9.17) is 11.6 Å². The number of aryl methyl sites for hydroxylation is 1. The van der Waals surface area contributed by atoms with Crippen LogP contribution in [-0.2, 0) is 6.18 Å². The highest BCUT2D eigenvalue weighted by molar-refractivity contribution is 6.31. The second-order valence-corrected chi connectivity index (χ2v) is 7.52. The molecule has 0 atom stereocenters. The predicted molar refractivity (Wildman–Crippen MR) is 111 cm³/mol. The topological polar surface area (TPSA) is 69.3 Å². The number of benzene rings is 1. The van der Waals surface area contributed by atoms with Crippen LogP contribution in [0.4, 0.5) is 30.4 Å². The number of hydrogen-bond donors (Lipinski definition) is 1. The molecule has 1 aliphatic heterocycles. The summed E-state index contributed by atoms with van der Waals surface area (Å²) in [5.74, 6) is -0.554. The van der Waals surface area contributed by atoms with Crippen molar-refractivity contribution >= 4 is 34.7 Å². The lowest BCUT2D eigenvalue weighted by atomic mass is 10.1. The van der Waals surface area contributed by atoms with Gasteiger partial charge < -0.3 is 9.88 Å². The molecule has 1 aliphatic rings. The molecule has 160 valence electrons. The maximum atomic E-state index is 13.3. The van der Waals surface area contributed by atoms with E-state index in [1.54, 1.807) is 36.9 Å². The number of aromatic nitrogens is 2. The van der Waals surface area contributed by atoms with Crippen LogP contribution in [0.3, 0.4) is 0 Å². The van der Waals surface area contributed by atoms with Gasteiger partial charge in [-0.2, -0.15) is 13.2 Å². The van der Waals surface area contributed by atoms with Gasteiger partial charge in [0, 0.05) is 28.7 Å². The Hall–Kier alpha value is -3.33. The minimum absolute atomic E-state index is 0.0295. The number of pyridine rings is 2. The number of fused-ring (bicyclic) bond motifs is 1. The standard InChI is InChI=1S/C21H16ClF3N4O2/c1-11-15(22)4-3-5-16(11)28-10-29(17-6-7-18(30)27-12(17)2)20(31)14-8-13(21(23,24)25)9-26-19(14)28/h3-9H,10H2,1-2H3,(H,27,30). The van der Waals surface area contributed by atoms with Gasteiger partial charge in [0.25, 0.3) is 5.91 Å². The number of alkyl halides is 3. The first kappa shape index (κ1) is 20.9. The molecule has 0 spiro atoms. The van der Waals surface area contributed by atoms with E-state index in [-0.39, 0.29) is 23.6 Å². The fraction of sp³-hybridized carbons (Fsp3) is 0.190. The maximum Gasteiger partial charge on any atom is 0.417 e. The summed E-state index contributed by atoms with van der Waals surface area (Å²) in [4.78, 5) is 34.4. The third kappa shape index (κ3) is 3.65. The Morgan fingerprint density at radius 2 is 1.81 bits per heavy atom. The molecule has 6 nitrogen and oxygen atoms in total. The second-order valence-electron chi connectivity index (χ2n) is 7.11. The minimum Gasteiger partial charge on any atom is -0.324 e. The normalized spacial score (nSPS) is 14.1. The van der Waals surface area contributed by atoms with Crippen LogP contribution >= 0.6 is 11.6 Å². The van der Waals surface area contributed by atoms with Gasteiger partial charge in [-0.3, -0.25) is 14.5 Å². The summed E-state index contributed by atoms with van der Waals surface area (Å²) >= 11 is 6.25. The fourth-order valence-corrected chi connectivity index (χ4v) is 3.70. The number of aromatic amines is 1. The van der Waals surface area contributed by atoms with Crippen LogP contribution in [-0.4, -0.2) is 22.5 Å². The number of nitrogens with one attached hydrogen (secondary N) is 1. The Balaban J connectivity index is 1.94. The van der Waals surface area contributed by atoms with Crippen LogP contribution in [0, 0.1) is 13.8 Å². The molecule has 0 saturated carbocycles. The molecule has 0 unspecified atom stereocenters. The van der Waals surface area contributed by atoms with Crippen LogP contribution in [0.25, 0.3) is 0 Å². The van der Waals surface area contributed by atoms with Gasteiger partial charge in [-0.1, -0.05) is 17.7 Å². The summed E-state index contributed by atoms with van der Waals surface area (Å²) < 4.78 is 39.9. The Morgan fingerprint density at radius 1 is 1.06 bits per heavy atom. The van der Waals surface area contributed by atoms with Gasteiger partial charge in [-0.15, -0.1) is 0 Å². The Morgan fingerprint density at radius 3 is 2.48 bits per heavy atom. The average molecular weight is 449 g/mol. The summed E-state index contributed by atoms with van der Waals surface area (Å²) in [5, 5.41) is 0.467. The van der Waals surface area contributed by atoms with E-state index in [2.05, 4.69) is 9.97 Å². The summed E-state index contributed by atoms with van der Waals surface area (Å²) in [6, 6.07) is 8.66. The molecule has 4 rings (SSSR count). The lowest BCUT2D eigenvalue weighted by Crippen LogP contribution is -2.46. The van der Waals surface area contributed by atoms with E-state index in [1.807, 2.05) is 0 Å². The van der Waals surface area contributed by atoms with Gasteiger partial charge in [0.05, 0.1) is 16.8 Å². The molecule has 0 aliphatic carbocycles. The maximum absolute atomic E-state index is 13.3. The lowest BCUT2D eigenvalue weighted by molar-refractivity contribution is -0.137. The number of nitrogens with zero attached hydrogens (tertiary/aromatic N) is 3. The van der Waals surface area contributed by atoms with E-state index in [0.29, 0.717) is 33.9 Å². The number of anilines is 3. The molecule has 0 radical (unpaired) electrons. The monoisotopic (exact) mass is 448 g/mol. The summed E-state index contributed by atoms with van der Waals surface area (Å²) in [5.41, 5.74) is 0.484. The van der Waals surface area contributed by atoms with E-state index < -0.39 is 17.6 Å². The number of halogens is 4. The van der Waals surface area contributed by atoms with Gasteiger partial charge in [0.2, 0.25) is 5.56 Å². The molecule has 3 heterocycles. The van der Waals surface area contributed by atoms with Gasteiger partial charge in [-0.05, 0) is 43.7 Å². The number of hydrogen-bond acceptors (Lipinski definition) is 4. The molecule has 3 aromatic rings. The number of amides is 1. The molecular weight excluding hydrogens is 433 g/mol. The zero-order chi connectivity index (χ0) is 22.5. The van der Waals surface area contributed by atoms with Crippen LogP contribution in [0.15, 0.2) is 47.4 Å². The van der Waals surface area contributed by atoms with Crippen LogP contribution in [0.5, 0.6) is 0 Å². The van der Waals surface area contributed by atoms with Gasteiger partial charge in [0.1, 0.15) is 12.5 Å². The average Bonchev–Trinajstić information content (AvgIpc) is 2.70. The highest BCUT2D eigenvalue weighted by Gasteiger charge is 2.38. The smallest absolute Gasteiger partial charge is 0.324 e. The molecule has 1 aromatic carbocycles. The van der Waals surface area contributed by atoms with Crippen molar-refractivity contribution in [3.05, 3.63) is 80.4 Å². The van der Waals surface area contributed by atoms with E-state index in [9.17, 15) is 22.8 Å². The predicted octanol–water partition coefficient (Wildman–Crippen LogP) is 4.81. The van der Waals surface area contributed by atoms with Crippen molar-refractivity contribution in [1.29, 1.82) is 0 Å². The van der Waals surface area contributed by atoms with Crippen molar-refractivity contribution < 1.29 is 18.0 Å². The van der Waals surface area contributed by atoms with E-state index in [1.165, 1.54) is 17.0 Å². The summed E-state index contributed by atoms with van der Waals surface area (Å²) in [7, 11) is 0. The van der Waals surface area contributed by atoms with Gasteiger partial charge >= 0.3 is 6.18 Å². The Bertz CT molecular complexity index is 1260. The van der Waals surface area contributed by atoms with Crippen molar-refractivity contribution in [2.75, 3.05) is 16.5 Å². The first-order valence-corrected chi connectivity index (χ1v) is 9.57. The van der Waals surface area contributed by atoms with Crippen molar-refractivity contribution in [3.8, 4) is 0 Å². The zero-order valence-electron chi connectivity index (χ0n) is 16.4. The number of carbonyl (C=O) groups excluding carboxylic acids is 1. The lowest BCUT2D eigenvalue weighted by Gasteiger charge is -2.38. The van der Waals surface area contributed by atoms with Crippen molar-refractivity contribution in [2.45, 2.75) is 20.0 Å². The number of carbonyl (C=O) groups is 1. The summed E-state index contributed by atoms with van der Waals surface area (Å²) in [6.07, 6.45) is -3.95. The zero-order valence-corrected chi connectivity index (χ0v) is 17.2. The van der Waals surface area contributed by atoms with E-state index >= 15 is 0 Å². The van der Waals surface area contributed by atoms with Crippen LogP contribution in [0.2, 0.25) is 5.02 Å². The minimum atomic E-state index is -4.66. The van der Waals surface area contributed by atoms with Crippen LogP contribution in [0.1, 0.15) is 27.2 Å². The largest absolute Gasteiger partial charge is 0.417 e.